The highest BCUT2D eigenvalue weighted by Gasteiger charge is 2.27. The van der Waals surface area contributed by atoms with Gasteiger partial charge in [0.05, 0.1) is 0 Å². The minimum Gasteiger partial charge on any atom is -0.329 e. The predicted molar refractivity (Wildman–Crippen MR) is 73.2 cm³/mol. The van der Waals surface area contributed by atoms with Crippen molar-refractivity contribution >= 4 is 11.6 Å². The van der Waals surface area contributed by atoms with Gasteiger partial charge in [0.2, 0.25) is 0 Å². The van der Waals surface area contributed by atoms with Crippen molar-refractivity contribution in [2.75, 3.05) is 6.54 Å². The quantitative estimate of drug-likeness (QED) is 0.896. The monoisotopic (exact) mass is 252 g/mol. The highest BCUT2D eigenvalue weighted by Crippen LogP contribution is 2.26. The van der Waals surface area contributed by atoms with E-state index in [0.29, 0.717) is 12.1 Å². The Balaban J connectivity index is 2.12. The minimum absolute atomic E-state index is 0.509. The standard InChI is InChI=1S/C14H21ClN2/c1-11-5-4-7-13(9-16)17(11)10-12-6-2-3-8-14(12)15/h2-3,6,8,11,13H,4-5,7,9-10,16H2,1H3. The molecule has 2 N–H and O–H groups in total. The summed E-state index contributed by atoms with van der Waals surface area (Å²) in [6, 6.07) is 9.21. The summed E-state index contributed by atoms with van der Waals surface area (Å²) in [6.07, 6.45) is 3.77. The lowest BCUT2D eigenvalue weighted by Gasteiger charge is -2.40. The van der Waals surface area contributed by atoms with E-state index in [0.717, 1.165) is 18.1 Å². The Morgan fingerprint density at radius 3 is 2.82 bits per heavy atom. The summed E-state index contributed by atoms with van der Waals surface area (Å²) in [7, 11) is 0. The van der Waals surface area contributed by atoms with Crippen LogP contribution in [0.25, 0.3) is 0 Å². The molecule has 3 heteroatoms. The Bertz CT molecular complexity index is 367. The number of rotatable bonds is 3. The SMILES string of the molecule is CC1CCCC(CN)N1Cc1ccccc1Cl. The number of hydrogen-bond acceptors (Lipinski definition) is 2. The topological polar surface area (TPSA) is 29.3 Å². The molecule has 0 saturated carbocycles. The van der Waals surface area contributed by atoms with Gasteiger partial charge in [-0.1, -0.05) is 36.2 Å². The van der Waals surface area contributed by atoms with Crippen LogP contribution in [0.3, 0.4) is 0 Å². The van der Waals surface area contributed by atoms with Crippen molar-refractivity contribution in [2.45, 2.75) is 44.8 Å². The number of nitrogens with zero attached hydrogens (tertiary/aromatic N) is 1. The number of hydrogen-bond donors (Lipinski definition) is 1. The van der Waals surface area contributed by atoms with Crippen LogP contribution in [-0.2, 0) is 6.54 Å². The molecule has 0 aliphatic carbocycles. The molecular formula is C14H21ClN2. The molecule has 0 bridgehead atoms. The molecule has 2 unspecified atom stereocenters. The fraction of sp³-hybridized carbons (Fsp3) is 0.571. The van der Waals surface area contributed by atoms with Gasteiger partial charge in [0, 0.05) is 30.2 Å². The van der Waals surface area contributed by atoms with Gasteiger partial charge in [0.1, 0.15) is 0 Å². The lowest BCUT2D eigenvalue weighted by atomic mass is 9.95. The molecule has 1 aliphatic heterocycles. The van der Waals surface area contributed by atoms with Gasteiger partial charge in [-0.05, 0) is 31.4 Å². The van der Waals surface area contributed by atoms with E-state index in [2.05, 4.69) is 17.9 Å². The summed E-state index contributed by atoms with van der Waals surface area (Å²) in [4.78, 5) is 2.50. The third-order valence-electron chi connectivity index (χ3n) is 3.78. The smallest absolute Gasteiger partial charge is 0.0451 e. The molecular weight excluding hydrogens is 232 g/mol. The lowest BCUT2D eigenvalue weighted by Crippen LogP contribution is -2.48. The zero-order valence-corrected chi connectivity index (χ0v) is 11.2. The zero-order chi connectivity index (χ0) is 12.3. The van der Waals surface area contributed by atoms with Crippen molar-refractivity contribution < 1.29 is 0 Å². The van der Waals surface area contributed by atoms with Crippen LogP contribution in [-0.4, -0.2) is 23.5 Å². The molecule has 2 atom stereocenters. The largest absolute Gasteiger partial charge is 0.329 e. The van der Waals surface area contributed by atoms with Crippen LogP contribution >= 0.6 is 11.6 Å². The van der Waals surface area contributed by atoms with Crippen LogP contribution in [0.4, 0.5) is 0 Å². The van der Waals surface area contributed by atoms with E-state index in [1.807, 2.05) is 18.2 Å². The van der Waals surface area contributed by atoms with Crippen LogP contribution in [0, 0.1) is 0 Å². The van der Waals surface area contributed by atoms with Gasteiger partial charge in [-0.3, -0.25) is 4.90 Å². The summed E-state index contributed by atoms with van der Waals surface area (Å²) in [5.74, 6) is 0. The normalized spacial score (nSPS) is 26.1. The third-order valence-corrected chi connectivity index (χ3v) is 4.15. The summed E-state index contributed by atoms with van der Waals surface area (Å²) in [5, 5.41) is 0.862. The molecule has 0 amide bonds. The first-order valence-corrected chi connectivity index (χ1v) is 6.79. The lowest BCUT2D eigenvalue weighted by molar-refractivity contribution is 0.0892. The summed E-state index contributed by atoms with van der Waals surface area (Å²) in [6.45, 7) is 3.95. The van der Waals surface area contributed by atoms with E-state index in [4.69, 9.17) is 17.3 Å². The van der Waals surface area contributed by atoms with Crippen LogP contribution in [0.5, 0.6) is 0 Å². The van der Waals surface area contributed by atoms with Crippen molar-refractivity contribution in [3.05, 3.63) is 34.9 Å². The maximum Gasteiger partial charge on any atom is 0.0451 e. The molecule has 2 nitrogen and oxygen atoms in total. The summed E-state index contributed by atoms with van der Waals surface area (Å²) < 4.78 is 0. The van der Waals surface area contributed by atoms with Crippen LogP contribution in [0.15, 0.2) is 24.3 Å². The number of halogens is 1. The van der Waals surface area contributed by atoms with E-state index in [1.165, 1.54) is 24.8 Å². The van der Waals surface area contributed by atoms with E-state index in [9.17, 15) is 0 Å². The van der Waals surface area contributed by atoms with Gasteiger partial charge < -0.3 is 5.73 Å². The Morgan fingerprint density at radius 2 is 2.12 bits per heavy atom. The minimum atomic E-state index is 0.509. The van der Waals surface area contributed by atoms with Gasteiger partial charge >= 0.3 is 0 Å². The second-order valence-corrected chi connectivity index (χ2v) is 5.34. The van der Waals surface area contributed by atoms with Crippen molar-refractivity contribution in [2.24, 2.45) is 5.73 Å². The first-order chi connectivity index (χ1) is 8.22. The molecule has 2 rings (SSSR count). The Hall–Kier alpha value is -0.570. The van der Waals surface area contributed by atoms with E-state index in [1.54, 1.807) is 0 Å². The molecule has 1 saturated heterocycles. The average Bonchev–Trinajstić information content (AvgIpc) is 2.34. The van der Waals surface area contributed by atoms with Crippen LogP contribution in [0.1, 0.15) is 31.7 Å². The molecule has 0 aromatic heterocycles. The van der Waals surface area contributed by atoms with Crippen molar-refractivity contribution in [3.63, 3.8) is 0 Å². The molecule has 1 aromatic carbocycles. The number of likely N-dealkylation sites (tertiary alicyclic amines) is 1. The molecule has 1 heterocycles. The highest BCUT2D eigenvalue weighted by atomic mass is 35.5. The summed E-state index contributed by atoms with van der Waals surface area (Å²) >= 11 is 6.22. The van der Waals surface area contributed by atoms with E-state index >= 15 is 0 Å². The first-order valence-electron chi connectivity index (χ1n) is 6.41. The van der Waals surface area contributed by atoms with Gasteiger partial charge in [-0.2, -0.15) is 0 Å². The number of nitrogens with two attached hydrogens (primary N) is 1. The van der Waals surface area contributed by atoms with E-state index < -0.39 is 0 Å². The fourth-order valence-electron chi connectivity index (χ4n) is 2.70. The zero-order valence-electron chi connectivity index (χ0n) is 10.4. The molecule has 0 radical (unpaired) electrons. The number of benzene rings is 1. The van der Waals surface area contributed by atoms with E-state index in [-0.39, 0.29) is 0 Å². The molecule has 94 valence electrons. The predicted octanol–water partition coefficient (Wildman–Crippen LogP) is 3.04. The highest BCUT2D eigenvalue weighted by molar-refractivity contribution is 6.31. The number of piperidine rings is 1. The van der Waals surface area contributed by atoms with Crippen LogP contribution < -0.4 is 5.73 Å². The molecule has 1 fully saturated rings. The maximum atomic E-state index is 6.22. The molecule has 0 spiro atoms. The fourth-order valence-corrected chi connectivity index (χ4v) is 2.90. The molecule has 1 aliphatic rings. The summed E-state index contributed by atoms with van der Waals surface area (Å²) in [5.41, 5.74) is 7.08. The van der Waals surface area contributed by atoms with Gasteiger partial charge in [0.25, 0.3) is 0 Å². The first kappa shape index (κ1) is 12.9. The maximum absolute atomic E-state index is 6.22. The van der Waals surface area contributed by atoms with Crippen molar-refractivity contribution in [1.82, 2.24) is 4.90 Å². The van der Waals surface area contributed by atoms with Gasteiger partial charge in [0.15, 0.2) is 0 Å². The van der Waals surface area contributed by atoms with Crippen molar-refractivity contribution in [1.29, 1.82) is 0 Å². The average molecular weight is 253 g/mol. The Morgan fingerprint density at radius 1 is 1.35 bits per heavy atom. The Labute approximate surface area is 109 Å². The van der Waals surface area contributed by atoms with Crippen LogP contribution in [0.2, 0.25) is 5.02 Å². The van der Waals surface area contributed by atoms with Gasteiger partial charge in [-0.15, -0.1) is 0 Å². The third kappa shape index (κ3) is 3.01. The van der Waals surface area contributed by atoms with Gasteiger partial charge in [-0.25, -0.2) is 0 Å². The second-order valence-electron chi connectivity index (χ2n) is 4.93. The molecule has 1 aromatic rings. The Kier molecular flexibility index (Phi) is 4.43. The van der Waals surface area contributed by atoms with Crippen molar-refractivity contribution in [3.8, 4) is 0 Å². The molecule has 17 heavy (non-hydrogen) atoms. The second kappa shape index (κ2) is 5.85.